The standard InChI is InChI=1S/C9H15BrN2/c1-2-3-4-11-7-9-5-8(10)6-12-9/h5-6,11-12H,2-4,7H2,1H3. The van der Waals surface area contributed by atoms with Gasteiger partial charge in [0.05, 0.1) is 0 Å². The summed E-state index contributed by atoms with van der Waals surface area (Å²) in [4.78, 5) is 3.17. The Bertz CT molecular complexity index is 220. The smallest absolute Gasteiger partial charge is 0.0357 e. The van der Waals surface area contributed by atoms with Crippen LogP contribution in [0.15, 0.2) is 16.7 Å². The molecule has 1 aromatic rings. The molecule has 0 unspecified atom stereocenters. The van der Waals surface area contributed by atoms with Crippen molar-refractivity contribution in [1.29, 1.82) is 0 Å². The van der Waals surface area contributed by atoms with Gasteiger partial charge in [0.15, 0.2) is 0 Å². The third kappa shape index (κ3) is 3.41. The quantitative estimate of drug-likeness (QED) is 0.749. The van der Waals surface area contributed by atoms with Crippen molar-refractivity contribution in [3.63, 3.8) is 0 Å². The lowest BCUT2D eigenvalue weighted by molar-refractivity contribution is 0.635. The Morgan fingerprint density at radius 1 is 1.58 bits per heavy atom. The molecule has 0 aromatic carbocycles. The molecule has 2 N–H and O–H groups in total. The van der Waals surface area contributed by atoms with Crippen molar-refractivity contribution < 1.29 is 0 Å². The molecule has 0 saturated heterocycles. The fraction of sp³-hybridized carbons (Fsp3) is 0.556. The van der Waals surface area contributed by atoms with E-state index in [0.717, 1.165) is 17.6 Å². The fourth-order valence-corrected chi connectivity index (χ4v) is 1.43. The van der Waals surface area contributed by atoms with Crippen molar-refractivity contribution in [3.8, 4) is 0 Å². The van der Waals surface area contributed by atoms with Crippen LogP contribution in [0.2, 0.25) is 0 Å². The Hall–Kier alpha value is -0.280. The van der Waals surface area contributed by atoms with Gasteiger partial charge in [-0.25, -0.2) is 0 Å². The van der Waals surface area contributed by atoms with E-state index in [1.165, 1.54) is 18.5 Å². The molecule has 3 heteroatoms. The van der Waals surface area contributed by atoms with Gasteiger partial charge in [0, 0.05) is 22.9 Å². The molecule has 0 atom stereocenters. The summed E-state index contributed by atoms with van der Waals surface area (Å²) in [5, 5.41) is 3.36. The Labute approximate surface area is 81.9 Å². The van der Waals surface area contributed by atoms with Gasteiger partial charge < -0.3 is 10.3 Å². The third-order valence-corrected chi connectivity index (χ3v) is 2.19. The second-order valence-corrected chi connectivity index (χ2v) is 3.79. The van der Waals surface area contributed by atoms with Crippen LogP contribution in [-0.2, 0) is 6.54 Å². The highest BCUT2D eigenvalue weighted by Gasteiger charge is 1.94. The van der Waals surface area contributed by atoms with Crippen molar-refractivity contribution in [2.24, 2.45) is 0 Å². The van der Waals surface area contributed by atoms with E-state index in [1.807, 2.05) is 6.20 Å². The fourth-order valence-electron chi connectivity index (χ4n) is 1.04. The van der Waals surface area contributed by atoms with E-state index < -0.39 is 0 Å². The maximum atomic E-state index is 3.40. The molecule has 1 aromatic heterocycles. The summed E-state index contributed by atoms with van der Waals surface area (Å²) in [5.74, 6) is 0. The number of aromatic nitrogens is 1. The monoisotopic (exact) mass is 230 g/mol. The lowest BCUT2D eigenvalue weighted by atomic mass is 10.3. The van der Waals surface area contributed by atoms with Gasteiger partial charge in [-0.05, 0) is 35.0 Å². The largest absolute Gasteiger partial charge is 0.363 e. The van der Waals surface area contributed by atoms with Gasteiger partial charge in [-0.1, -0.05) is 13.3 Å². The summed E-state index contributed by atoms with van der Waals surface area (Å²) in [6.07, 6.45) is 4.46. The summed E-state index contributed by atoms with van der Waals surface area (Å²) in [6, 6.07) is 2.10. The van der Waals surface area contributed by atoms with Crippen molar-refractivity contribution in [2.45, 2.75) is 26.3 Å². The lowest BCUT2D eigenvalue weighted by Crippen LogP contribution is -2.14. The molecular weight excluding hydrogens is 216 g/mol. The minimum atomic E-state index is 0.936. The summed E-state index contributed by atoms with van der Waals surface area (Å²) >= 11 is 3.40. The first-order valence-electron chi connectivity index (χ1n) is 4.36. The average Bonchev–Trinajstić information content (AvgIpc) is 2.45. The Morgan fingerprint density at radius 3 is 3.00 bits per heavy atom. The summed E-state index contributed by atoms with van der Waals surface area (Å²) < 4.78 is 1.12. The predicted molar refractivity (Wildman–Crippen MR) is 55.1 cm³/mol. The number of hydrogen-bond donors (Lipinski definition) is 2. The first kappa shape index (κ1) is 9.81. The van der Waals surface area contributed by atoms with Crippen molar-refractivity contribution >= 4 is 15.9 Å². The molecule has 0 aliphatic rings. The van der Waals surface area contributed by atoms with Gasteiger partial charge in [-0.3, -0.25) is 0 Å². The predicted octanol–water partition coefficient (Wildman–Crippen LogP) is 2.67. The molecule has 0 bridgehead atoms. The molecule has 68 valence electrons. The molecule has 0 aliphatic heterocycles. The highest BCUT2D eigenvalue weighted by atomic mass is 79.9. The molecule has 1 heterocycles. The van der Waals surface area contributed by atoms with Gasteiger partial charge in [0.25, 0.3) is 0 Å². The molecule has 1 rings (SSSR count). The van der Waals surface area contributed by atoms with Crippen LogP contribution in [0.5, 0.6) is 0 Å². The topological polar surface area (TPSA) is 27.8 Å². The first-order valence-corrected chi connectivity index (χ1v) is 5.15. The van der Waals surface area contributed by atoms with E-state index in [2.05, 4.69) is 39.2 Å². The highest BCUT2D eigenvalue weighted by molar-refractivity contribution is 9.10. The molecule has 0 spiro atoms. The second kappa shape index (κ2) is 5.38. The van der Waals surface area contributed by atoms with Gasteiger partial charge in [0.1, 0.15) is 0 Å². The number of halogens is 1. The van der Waals surface area contributed by atoms with E-state index in [-0.39, 0.29) is 0 Å². The molecule has 0 radical (unpaired) electrons. The van der Waals surface area contributed by atoms with Crippen LogP contribution in [0.1, 0.15) is 25.5 Å². The number of H-pyrrole nitrogens is 1. The number of unbranched alkanes of at least 4 members (excludes halogenated alkanes) is 1. The molecule has 0 amide bonds. The van der Waals surface area contributed by atoms with Crippen molar-refractivity contribution in [2.75, 3.05) is 6.54 Å². The third-order valence-electron chi connectivity index (χ3n) is 1.73. The van der Waals surface area contributed by atoms with Crippen molar-refractivity contribution in [1.82, 2.24) is 10.3 Å². The summed E-state index contributed by atoms with van der Waals surface area (Å²) in [5.41, 5.74) is 1.23. The van der Waals surface area contributed by atoms with E-state index >= 15 is 0 Å². The average molecular weight is 231 g/mol. The highest BCUT2D eigenvalue weighted by Crippen LogP contribution is 2.09. The molecular formula is C9H15BrN2. The summed E-state index contributed by atoms with van der Waals surface area (Å²) in [7, 11) is 0. The van der Waals surface area contributed by atoms with Crippen LogP contribution in [0.4, 0.5) is 0 Å². The SMILES string of the molecule is CCCCNCc1cc(Br)c[nH]1. The minimum absolute atomic E-state index is 0.936. The Kier molecular flexibility index (Phi) is 4.40. The zero-order valence-electron chi connectivity index (χ0n) is 7.36. The zero-order chi connectivity index (χ0) is 8.81. The maximum absolute atomic E-state index is 3.40. The van der Waals surface area contributed by atoms with Gasteiger partial charge in [-0.15, -0.1) is 0 Å². The van der Waals surface area contributed by atoms with Gasteiger partial charge in [0.2, 0.25) is 0 Å². The van der Waals surface area contributed by atoms with Crippen LogP contribution in [0.3, 0.4) is 0 Å². The van der Waals surface area contributed by atoms with Crippen LogP contribution in [0, 0.1) is 0 Å². The molecule has 0 fully saturated rings. The van der Waals surface area contributed by atoms with Gasteiger partial charge >= 0.3 is 0 Å². The van der Waals surface area contributed by atoms with E-state index in [9.17, 15) is 0 Å². The normalized spacial score (nSPS) is 10.5. The molecule has 0 aliphatic carbocycles. The Balaban J connectivity index is 2.15. The number of aromatic amines is 1. The number of nitrogens with one attached hydrogen (secondary N) is 2. The van der Waals surface area contributed by atoms with E-state index in [1.54, 1.807) is 0 Å². The molecule has 12 heavy (non-hydrogen) atoms. The molecule has 2 nitrogen and oxygen atoms in total. The van der Waals surface area contributed by atoms with Crippen molar-refractivity contribution in [3.05, 3.63) is 22.4 Å². The minimum Gasteiger partial charge on any atom is -0.363 e. The number of rotatable bonds is 5. The zero-order valence-corrected chi connectivity index (χ0v) is 8.95. The van der Waals surface area contributed by atoms with Gasteiger partial charge in [-0.2, -0.15) is 0 Å². The first-order chi connectivity index (χ1) is 5.83. The van der Waals surface area contributed by atoms with Crippen LogP contribution >= 0.6 is 15.9 Å². The Morgan fingerprint density at radius 2 is 2.42 bits per heavy atom. The summed E-state index contributed by atoms with van der Waals surface area (Å²) in [6.45, 7) is 4.24. The molecule has 0 saturated carbocycles. The van der Waals surface area contributed by atoms with Crippen LogP contribution in [-0.4, -0.2) is 11.5 Å². The lowest BCUT2D eigenvalue weighted by Gasteiger charge is -2.00. The maximum Gasteiger partial charge on any atom is 0.0357 e. The van der Waals surface area contributed by atoms with E-state index in [0.29, 0.717) is 0 Å². The number of hydrogen-bond acceptors (Lipinski definition) is 1. The van der Waals surface area contributed by atoms with E-state index in [4.69, 9.17) is 0 Å². The van der Waals surface area contributed by atoms with Crippen LogP contribution < -0.4 is 5.32 Å². The second-order valence-electron chi connectivity index (χ2n) is 2.87. The van der Waals surface area contributed by atoms with Crippen LogP contribution in [0.25, 0.3) is 0 Å².